The summed E-state index contributed by atoms with van der Waals surface area (Å²) in [5.74, 6) is -0.990. The molecular formula is C17H24N2O5S. The lowest BCUT2D eigenvalue weighted by atomic mass is 10.0. The molecule has 3 rings (SSSR count). The summed E-state index contributed by atoms with van der Waals surface area (Å²) in [6, 6.07) is 0. The van der Waals surface area contributed by atoms with E-state index in [2.05, 4.69) is 10.2 Å². The van der Waals surface area contributed by atoms with Crippen LogP contribution in [0.3, 0.4) is 0 Å². The van der Waals surface area contributed by atoms with Crippen molar-refractivity contribution in [1.82, 2.24) is 4.90 Å². The molecule has 2 aliphatic heterocycles. The maximum Gasteiger partial charge on any atom is 0.341 e. The first-order chi connectivity index (χ1) is 11.9. The van der Waals surface area contributed by atoms with Crippen LogP contribution in [-0.4, -0.2) is 62.5 Å². The molecule has 2 aliphatic rings. The predicted molar refractivity (Wildman–Crippen MR) is 94.1 cm³/mol. The number of hydrogen-bond donors (Lipinski definition) is 1. The lowest BCUT2D eigenvalue weighted by Gasteiger charge is -2.37. The van der Waals surface area contributed by atoms with Crippen LogP contribution in [0.1, 0.15) is 33.6 Å². The highest BCUT2D eigenvalue weighted by Gasteiger charge is 2.40. The number of carbonyl (C=O) groups is 2. The third-order valence-electron chi connectivity index (χ3n) is 4.83. The number of nitrogens with zero attached hydrogens (tertiary/aromatic N) is 1. The summed E-state index contributed by atoms with van der Waals surface area (Å²) in [5, 5.41) is 3.43. The van der Waals surface area contributed by atoms with Gasteiger partial charge in [-0.2, -0.15) is 0 Å². The van der Waals surface area contributed by atoms with Gasteiger partial charge in [0.25, 0.3) is 0 Å². The number of hydrogen-bond acceptors (Lipinski definition) is 7. The Bertz CT molecular complexity index is 656. The Kier molecular flexibility index (Phi) is 5.43. The molecule has 138 valence electrons. The summed E-state index contributed by atoms with van der Waals surface area (Å²) in [6.45, 7) is 6.86. The fraction of sp³-hybridized carbons (Fsp3) is 0.647. The van der Waals surface area contributed by atoms with Crippen LogP contribution in [0.15, 0.2) is 0 Å². The molecule has 2 fully saturated rings. The van der Waals surface area contributed by atoms with E-state index in [1.165, 1.54) is 18.4 Å². The summed E-state index contributed by atoms with van der Waals surface area (Å²) < 4.78 is 16.2. The second kappa shape index (κ2) is 7.41. The average Bonchev–Trinajstić information content (AvgIpc) is 3.15. The Morgan fingerprint density at radius 3 is 2.48 bits per heavy atom. The van der Waals surface area contributed by atoms with Gasteiger partial charge in [-0.25, -0.2) is 4.79 Å². The van der Waals surface area contributed by atoms with Gasteiger partial charge in [0.2, 0.25) is 5.91 Å². The number of thiophene rings is 1. The first-order valence-corrected chi connectivity index (χ1v) is 9.24. The molecule has 1 N–H and O–H groups in total. The van der Waals surface area contributed by atoms with Crippen LogP contribution in [0.25, 0.3) is 0 Å². The molecule has 0 aliphatic carbocycles. The first-order valence-electron chi connectivity index (χ1n) is 8.42. The Morgan fingerprint density at radius 1 is 1.24 bits per heavy atom. The molecule has 0 unspecified atom stereocenters. The SMILES string of the molecule is COC(=O)c1c(NC(=O)CN2CCC3(CC2)OCCO3)sc(C)c1C. The molecule has 1 aromatic rings. The molecule has 0 radical (unpaired) electrons. The molecule has 0 saturated carbocycles. The van der Waals surface area contributed by atoms with Crippen molar-refractivity contribution in [2.75, 3.05) is 45.3 Å². The largest absolute Gasteiger partial charge is 0.465 e. The zero-order chi connectivity index (χ0) is 18.0. The van der Waals surface area contributed by atoms with E-state index in [9.17, 15) is 9.59 Å². The number of ether oxygens (including phenoxy) is 3. The lowest BCUT2D eigenvalue weighted by molar-refractivity contribution is -0.185. The van der Waals surface area contributed by atoms with E-state index in [0.29, 0.717) is 23.8 Å². The van der Waals surface area contributed by atoms with Crippen molar-refractivity contribution in [3.8, 4) is 0 Å². The van der Waals surface area contributed by atoms with Gasteiger partial charge in [0.15, 0.2) is 5.79 Å². The van der Waals surface area contributed by atoms with Crippen LogP contribution < -0.4 is 5.32 Å². The van der Waals surface area contributed by atoms with E-state index in [0.717, 1.165) is 36.4 Å². The van der Waals surface area contributed by atoms with E-state index in [1.54, 1.807) is 0 Å². The number of carbonyl (C=O) groups excluding carboxylic acids is 2. The summed E-state index contributed by atoms with van der Waals surface area (Å²) in [6.07, 6.45) is 1.54. The third-order valence-corrected chi connectivity index (χ3v) is 5.95. The number of nitrogens with one attached hydrogen (secondary N) is 1. The fourth-order valence-corrected chi connectivity index (χ4v) is 4.33. The van der Waals surface area contributed by atoms with Crippen molar-refractivity contribution in [3.63, 3.8) is 0 Å². The highest BCUT2D eigenvalue weighted by atomic mass is 32.1. The number of likely N-dealkylation sites (tertiary alicyclic amines) is 1. The maximum absolute atomic E-state index is 12.4. The summed E-state index contributed by atoms with van der Waals surface area (Å²) in [7, 11) is 1.34. The van der Waals surface area contributed by atoms with E-state index in [4.69, 9.17) is 14.2 Å². The quantitative estimate of drug-likeness (QED) is 0.819. The summed E-state index contributed by atoms with van der Waals surface area (Å²) >= 11 is 1.40. The van der Waals surface area contributed by atoms with Crippen LogP contribution >= 0.6 is 11.3 Å². The smallest absolute Gasteiger partial charge is 0.341 e. The van der Waals surface area contributed by atoms with Crippen molar-refractivity contribution >= 4 is 28.2 Å². The molecule has 8 heteroatoms. The minimum Gasteiger partial charge on any atom is -0.465 e. The van der Waals surface area contributed by atoms with Gasteiger partial charge in [0.1, 0.15) is 5.00 Å². The molecular weight excluding hydrogens is 344 g/mol. The number of aryl methyl sites for hydroxylation is 1. The van der Waals surface area contributed by atoms with E-state index < -0.39 is 11.8 Å². The second-order valence-corrected chi connectivity index (χ2v) is 7.64. The van der Waals surface area contributed by atoms with Crippen LogP contribution in [0, 0.1) is 13.8 Å². The highest BCUT2D eigenvalue weighted by molar-refractivity contribution is 7.16. The standard InChI is InChI=1S/C17H24N2O5S/c1-11-12(2)25-15(14(11)16(21)22-3)18-13(20)10-19-6-4-17(5-7-19)23-8-9-24-17/h4-10H2,1-3H3,(H,18,20). The second-order valence-electron chi connectivity index (χ2n) is 6.41. The molecule has 1 spiro atoms. The van der Waals surface area contributed by atoms with E-state index in [-0.39, 0.29) is 12.5 Å². The first kappa shape index (κ1) is 18.3. The Labute approximate surface area is 151 Å². The van der Waals surface area contributed by atoms with Crippen molar-refractivity contribution in [1.29, 1.82) is 0 Å². The van der Waals surface area contributed by atoms with Crippen molar-refractivity contribution < 1.29 is 23.8 Å². The zero-order valence-electron chi connectivity index (χ0n) is 14.8. The molecule has 0 bridgehead atoms. The van der Waals surface area contributed by atoms with Gasteiger partial charge in [-0.1, -0.05) is 0 Å². The van der Waals surface area contributed by atoms with Crippen molar-refractivity contribution in [2.45, 2.75) is 32.5 Å². The molecule has 0 atom stereocenters. The predicted octanol–water partition coefficient (Wildman–Crippen LogP) is 1.93. The van der Waals surface area contributed by atoms with E-state index in [1.807, 2.05) is 13.8 Å². The third kappa shape index (κ3) is 3.87. The van der Waals surface area contributed by atoms with Crippen LogP contribution in [0.4, 0.5) is 5.00 Å². The molecule has 1 aromatic heterocycles. The van der Waals surface area contributed by atoms with Gasteiger partial charge in [-0.3, -0.25) is 9.69 Å². The molecule has 3 heterocycles. The van der Waals surface area contributed by atoms with Gasteiger partial charge in [-0.15, -0.1) is 11.3 Å². The van der Waals surface area contributed by atoms with Gasteiger partial charge in [-0.05, 0) is 19.4 Å². The monoisotopic (exact) mass is 368 g/mol. The van der Waals surface area contributed by atoms with Gasteiger partial charge >= 0.3 is 5.97 Å². The molecule has 25 heavy (non-hydrogen) atoms. The summed E-state index contributed by atoms with van der Waals surface area (Å²) in [4.78, 5) is 27.5. The van der Waals surface area contributed by atoms with E-state index >= 15 is 0 Å². The number of esters is 1. The van der Waals surface area contributed by atoms with Crippen molar-refractivity contribution in [2.24, 2.45) is 0 Å². The summed E-state index contributed by atoms with van der Waals surface area (Å²) in [5.41, 5.74) is 1.30. The van der Waals surface area contributed by atoms with Gasteiger partial charge in [0.05, 0.1) is 32.4 Å². The Balaban J connectivity index is 1.58. The number of anilines is 1. The van der Waals surface area contributed by atoms with Crippen LogP contribution in [0.2, 0.25) is 0 Å². The molecule has 2 saturated heterocycles. The number of amides is 1. The van der Waals surface area contributed by atoms with Crippen LogP contribution in [-0.2, 0) is 19.0 Å². The minimum absolute atomic E-state index is 0.129. The molecule has 0 aromatic carbocycles. The number of piperidine rings is 1. The molecule has 7 nitrogen and oxygen atoms in total. The fourth-order valence-electron chi connectivity index (χ4n) is 3.27. The van der Waals surface area contributed by atoms with Crippen molar-refractivity contribution in [3.05, 3.63) is 16.0 Å². The van der Waals surface area contributed by atoms with Crippen LogP contribution in [0.5, 0.6) is 0 Å². The lowest BCUT2D eigenvalue weighted by Crippen LogP contribution is -2.47. The number of methoxy groups -OCH3 is 1. The highest BCUT2D eigenvalue weighted by Crippen LogP contribution is 2.33. The molecule has 1 amide bonds. The van der Waals surface area contributed by atoms with Gasteiger partial charge < -0.3 is 19.5 Å². The topological polar surface area (TPSA) is 77.1 Å². The zero-order valence-corrected chi connectivity index (χ0v) is 15.7. The minimum atomic E-state index is -0.437. The maximum atomic E-state index is 12.4. The van der Waals surface area contributed by atoms with Gasteiger partial charge in [0, 0.05) is 30.8 Å². The Morgan fingerprint density at radius 2 is 1.88 bits per heavy atom. The average molecular weight is 368 g/mol. The Hall–Kier alpha value is -1.48. The number of rotatable bonds is 4. The normalized spacial score (nSPS) is 20.0.